The highest BCUT2D eigenvalue weighted by atomic mass is 16.3. The van der Waals surface area contributed by atoms with Crippen LogP contribution >= 0.6 is 0 Å². The van der Waals surface area contributed by atoms with Crippen LogP contribution in [-0.2, 0) is 6.42 Å². The van der Waals surface area contributed by atoms with E-state index in [-0.39, 0.29) is 6.71 Å². The SMILES string of the molecule is c1ccc2c(c1)oc1c(Cc3cc4c5c(c3)N(c3ccc6c7ccccc7c7ccccc7c6c3)c3cc(-n6c7ccccc7c7ccccc76)ccc3B5c3ccc(-n5c6ccccc6c6ccccc65)cc3N4c3ccc4c5ccccc5c5ccccc5c4c3)cccc12. The molecule has 0 bridgehead atoms. The van der Waals surface area contributed by atoms with E-state index in [9.17, 15) is 0 Å². The highest BCUT2D eigenvalue weighted by Crippen LogP contribution is 2.50. The van der Waals surface area contributed by atoms with Crippen LogP contribution in [0.3, 0.4) is 0 Å². The van der Waals surface area contributed by atoms with E-state index in [4.69, 9.17) is 4.42 Å². The first-order valence-corrected chi connectivity index (χ1v) is 33.7. The first kappa shape index (κ1) is 52.8. The maximum Gasteiger partial charge on any atom is 0.252 e. The number of furan rings is 1. The quantitative estimate of drug-likeness (QED) is 0.123. The molecule has 22 rings (SSSR count). The summed E-state index contributed by atoms with van der Waals surface area (Å²) < 4.78 is 11.9. The molecule has 5 heterocycles. The Bertz CT molecular complexity index is 6320. The molecule has 97 heavy (non-hydrogen) atoms. The van der Waals surface area contributed by atoms with Gasteiger partial charge in [0.05, 0.1) is 22.1 Å². The van der Waals surface area contributed by atoms with Gasteiger partial charge in [-0.05, 0) is 183 Å². The summed E-state index contributed by atoms with van der Waals surface area (Å²) in [6.45, 7) is -0.190. The Hall–Kier alpha value is -12.6. The second-order valence-electron chi connectivity index (χ2n) is 26.6. The van der Waals surface area contributed by atoms with Gasteiger partial charge in [-0.2, -0.15) is 0 Å². The number of benzene rings is 17. The molecule has 0 fully saturated rings. The molecule has 17 aromatic carbocycles. The largest absolute Gasteiger partial charge is 0.456 e. The molecule has 0 atom stereocenters. The monoisotopic (exact) mass is 1230 g/mol. The molecule has 3 aromatic heterocycles. The van der Waals surface area contributed by atoms with Gasteiger partial charge in [0.2, 0.25) is 0 Å². The molecule has 6 heteroatoms. The predicted octanol–water partition coefficient (Wildman–Crippen LogP) is 22.4. The summed E-state index contributed by atoms with van der Waals surface area (Å²) in [5.74, 6) is 0. The number of rotatable bonds is 6. The lowest BCUT2D eigenvalue weighted by molar-refractivity contribution is 0.664. The van der Waals surface area contributed by atoms with Crippen molar-refractivity contribution in [1.82, 2.24) is 9.13 Å². The number of hydrogen-bond donors (Lipinski definition) is 0. The zero-order chi connectivity index (χ0) is 63.1. The van der Waals surface area contributed by atoms with Gasteiger partial charge in [0.15, 0.2) is 0 Å². The van der Waals surface area contributed by atoms with Crippen molar-refractivity contribution in [2.45, 2.75) is 6.42 Å². The third-order valence-corrected chi connectivity index (χ3v) is 21.6. The molecule has 0 amide bonds. The molecule has 0 radical (unpaired) electrons. The van der Waals surface area contributed by atoms with Gasteiger partial charge in [0, 0.05) is 84.2 Å². The number of nitrogens with zero attached hydrogens (tertiary/aromatic N) is 4. The van der Waals surface area contributed by atoms with Gasteiger partial charge in [0.25, 0.3) is 6.71 Å². The Kier molecular flexibility index (Phi) is 10.9. The van der Waals surface area contributed by atoms with Crippen molar-refractivity contribution >= 4 is 187 Å². The average Bonchev–Trinajstić information content (AvgIpc) is 1.21. The molecule has 2 aliphatic heterocycles. The molecular weight excluding hydrogens is 1180 g/mol. The molecule has 5 nitrogen and oxygen atoms in total. The molecular formula is C91H55BN4O. The summed E-state index contributed by atoms with van der Waals surface area (Å²) in [5, 5.41) is 22.1. The Morgan fingerprint density at radius 2 is 0.588 bits per heavy atom. The van der Waals surface area contributed by atoms with Crippen LogP contribution < -0.4 is 26.2 Å². The van der Waals surface area contributed by atoms with E-state index in [2.05, 4.69) is 340 Å². The molecule has 0 saturated carbocycles. The van der Waals surface area contributed by atoms with Gasteiger partial charge in [-0.1, -0.05) is 231 Å². The minimum absolute atomic E-state index is 0.190. The van der Waals surface area contributed by atoms with Crippen molar-refractivity contribution in [2.24, 2.45) is 0 Å². The van der Waals surface area contributed by atoms with Crippen LogP contribution in [-0.4, -0.2) is 15.8 Å². The first-order chi connectivity index (χ1) is 48.1. The van der Waals surface area contributed by atoms with Crippen LogP contribution in [0.1, 0.15) is 11.1 Å². The van der Waals surface area contributed by atoms with Gasteiger partial charge in [0.1, 0.15) is 11.2 Å². The van der Waals surface area contributed by atoms with Crippen LogP contribution in [0, 0.1) is 0 Å². The minimum atomic E-state index is -0.190. The third-order valence-electron chi connectivity index (χ3n) is 21.6. The van der Waals surface area contributed by atoms with Crippen molar-refractivity contribution in [2.75, 3.05) is 9.80 Å². The van der Waals surface area contributed by atoms with Crippen molar-refractivity contribution in [1.29, 1.82) is 0 Å². The number of fused-ring (bicyclic) bond motifs is 25. The number of hydrogen-bond acceptors (Lipinski definition) is 3. The molecule has 20 aromatic rings. The lowest BCUT2D eigenvalue weighted by atomic mass is 9.33. The van der Waals surface area contributed by atoms with Crippen molar-refractivity contribution in [3.05, 3.63) is 333 Å². The molecule has 0 saturated heterocycles. The van der Waals surface area contributed by atoms with E-state index in [1.54, 1.807) is 0 Å². The minimum Gasteiger partial charge on any atom is -0.456 e. The maximum atomic E-state index is 6.93. The molecule has 0 unspecified atom stereocenters. The van der Waals surface area contributed by atoms with E-state index < -0.39 is 0 Å². The Morgan fingerprint density at radius 1 is 0.247 bits per heavy atom. The molecule has 448 valence electrons. The van der Waals surface area contributed by atoms with Crippen molar-refractivity contribution in [3.63, 3.8) is 0 Å². The zero-order valence-electron chi connectivity index (χ0n) is 52.6. The van der Waals surface area contributed by atoms with E-state index in [1.807, 2.05) is 0 Å². The van der Waals surface area contributed by atoms with Gasteiger partial charge in [-0.15, -0.1) is 0 Å². The van der Waals surface area contributed by atoms with Gasteiger partial charge < -0.3 is 23.4 Å². The Labute approximate surface area is 557 Å². The topological polar surface area (TPSA) is 29.5 Å². The van der Waals surface area contributed by atoms with E-state index in [0.29, 0.717) is 6.42 Å². The van der Waals surface area contributed by atoms with Gasteiger partial charge in [-0.25, -0.2) is 0 Å². The molecule has 0 aliphatic carbocycles. The predicted molar refractivity (Wildman–Crippen MR) is 411 cm³/mol. The van der Waals surface area contributed by atoms with Crippen LogP contribution in [0.5, 0.6) is 0 Å². The highest BCUT2D eigenvalue weighted by Gasteiger charge is 2.44. The summed E-state index contributed by atoms with van der Waals surface area (Å²) in [5.41, 5.74) is 21.5. The summed E-state index contributed by atoms with van der Waals surface area (Å²) in [7, 11) is 0. The van der Waals surface area contributed by atoms with E-state index >= 15 is 0 Å². The second kappa shape index (κ2) is 20.0. The molecule has 0 spiro atoms. The summed E-state index contributed by atoms with van der Waals surface area (Å²) >= 11 is 0. The van der Waals surface area contributed by atoms with E-state index in [0.717, 1.165) is 73.0 Å². The first-order valence-electron chi connectivity index (χ1n) is 33.7. The van der Waals surface area contributed by atoms with Crippen LogP contribution in [0.4, 0.5) is 34.1 Å². The van der Waals surface area contributed by atoms with Gasteiger partial charge in [-0.3, -0.25) is 0 Å². The van der Waals surface area contributed by atoms with Crippen molar-refractivity contribution < 1.29 is 4.42 Å². The molecule has 0 N–H and O–H groups in total. The van der Waals surface area contributed by atoms with E-state index in [1.165, 1.54) is 130 Å². The second-order valence-corrected chi connectivity index (χ2v) is 26.6. The lowest BCUT2D eigenvalue weighted by Gasteiger charge is -2.45. The molecule has 2 aliphatic rings. The summed E-state index contributed by atoms with van der Waals surface area (Å²) in [6, 6.07) is 121. The highest BCUT2D eigenvalue weighted by molar-refractivity contribution is 7.00. The number of para-hydroxylation sites is 6. The van der Waals surface area contributed by atoms with Gasteiger partial charge >= 0.3 is 0 Å². The fourth-order valence-corrected chi connectivity index (χ4v) is 17.6. The average molecular weight is 1230 g/mol. The maximum absolute atomic E-state index is 6.93. The normalized spacial score (nSPS) is 12.9. The standard InChI is InChI=1S/C91H55BN4O/c1-3-25-65-61(21-1)63-23-5-7-27-67(63)77-51-57(40-44-69(65)77)95-85-53-59(93-81-35-14-9-29-71(81)72-30-10-15-36-82(72)93)42-46-79(85)92-80-47-43-60(94-83-37-16-11-31-73(83)74-32-12-17-38-84(74)94)54-86(80)96(58-41-45-70-66-26-4-2-22-62(66)64-24-6-8-28-68(64)78(70)52-58)88-50-55(49-87(95)90(88)92)48-56-20-19-34-76-75-33-13-18-39-89(75)97-91(56)76/h1-47,49-54H,48H2. The fraction of sp³-hybridized carbons (Fsp3) is 0.0110. The lowest BCUT2D eigenvalue weighted by Crippen LogP contribution is -2.61. The number of anilines is 6. The van der Waals surface area contributed by atoms with Crippen LogP contribution in [0.25, 0.3) is 142 Å². The third kappa shape index (κ3) is 7.44. The number of aromatic nitrogens is 2. The Morgan fingerprint density at radius 3 is 1.01 bits per heavy atom. The zero-order valence-corrected chi connectivity index (χ0v) is 52.6. The van der Waals surface area contributed by atoms with Crippen LogP contribution in [0.2, 0.25) is 0 Å². The van der Waals surface area contributed by atoms with Crippen molar-refractivity contribution in [3.8, 4) is 11.4 Å². The van der Waals surface area contributed by atoms with Crippen LogP contribution in [0.15, 0.2) is 326 Å². The fourth-order valence-electron chi connectivity index (χ4n) is 17.6. The smallest absolute Gasteiger partial charge is 0.252 e. The summed E-state index contributed by atoms with van der Waals surface area (Å²) in [4.78, 5) is 5.26. The summed E-state index contributed by atoms with van der Waals surface area (Å²) in [6.07, 6.45) is 0.620. The Balaban J connectivity index is 0.879.